The van der Waals surface area contributed by atoms with Gasteiger partial charge in [-0.25, -0.2) is 0 Å². The van der Waals surface area contributed by atoms with Crippen LogP contribution in [-0.2, 0) is 4.79 Å². The van der Waals surface area contributed by atoms with Gasteiger partial charge in [0.1, 0.15) is 0 Å². The highest BCUT2D eigenvalue weighted by Gasteiger charge is 2.43. The van der Waals surface area contributed by atoms with Crippen LogP contribution in [0.1, 0.15) is 44.9 Å². The van der Waals surface area contributed by atoms with Crippen molar-refractivity contribution in [2.45, 2.75) is 51.0 Å². The average Bonchev–Trinajstić information content (AvgIpc) is 2.24. The lowest BCUT2D eigenvalue weighted by molar-refractivity contribution is -0.145. The summed E-state index contributed by atoms with van der Waals surface area (Å²) in [5.74, 6) is 2.15. The quantitative estimate of drug-likeness (QED) is 0.577. The molecular weight excluding hydrogens is 174 g/mol. The van der Waals surface area contributed by atoms with E-state index in [0.717, 1.165) is 24.8 Å². The van der Waals surface area contributed by atoms with E-state index in [0.29, 0.717) is 11.9 Å². The van der Waals surface area contributed by atoms with Gasteiger partial charge in [-0.1, -0.05) is 6.42 Å². The topological polar surface area (TPSA) is 20.3 Å². The van der Waals surface area contributed by atoms with Crippen LogP contribution < -0.4 is 0 Å². The van der Waals surface area contributed by atoms with Crippen molar-refractivity contribution in [2.24, 2.45) is 11.8 Å². The summed E-state index contributed by atoms with van der Waals surface area (Å²) in [6.07, 6.45) is 8.80. The standard InChI is InChI=1S/C12H19NO/c14-11-7-6-10-4-1-3-9-5-2-8-13(11)12(9)10/h9-10,12H,1-8H2/t9-,10+,12+/m0/s1. The minimum absolute atomic E-state index is 0.442. The summed E-state index contributed by atoms with van der Waals surface area (Å²) in [7, 11) is 0. The molecule has 2 aliphatic heterocycles. The monoisotopic (exact) mass is 193 g/mol. The number of hydrogen-bond acceptors (Lipinski definition) is 1. The summed E-state index contributed by atoms with van der Waals surface area (Å²) in [6, 6.07) is 0.652. The first-order chi connectivity index (χ1) is 6.86. The van der Waals surface area contributed by atoms with Crippen LogP contribution in [0.2, 0.25) is 0 Å². The number of rotatable bonds is 0. The fourth-order valence-electron chi connectivity index (χ4n) is 3.92. The number of carbonyl (C=O) groups is 1. The minimum Gasteiger partial charge on any atom is -0.339 e. The second kappa shape index (κ2) is 3.25. The number of hydrogen-bond donors (Lipinski definition) is 0. The number of nitrogens with zero attached hydrogens (tertiary/aromatic N) is 1. The lowest BCUT2D eigenvalue weighted by Gasteiger charge is -2.51. The highest BCUT2D eigenvalue weighted by molar-refractivity contribution is 5.77. The van der Waals surface area contributed by atoms with E-state index < -0.39 is 0 Å². The first-order valence-corrected chi connectivity index (χ1v) is 6.16. The Morgan fingerprint density at radius 1 is 1.00 bits per heavy atom. The molecule has 0 unspecified atom stereocenters. The highest BCUT2D eigenvalue weighted by Crippen LogP contribution is 2.43. The third-order valence-electron chi connectivity index (χ3n) is 4.50. The van der Waals surface area contributed by atoms with E-state index in [1.165, 1.54) is 38.5 Å². The fraction of sp³-hybridized carbons (Fsp3) is 0.917. The zero-order chi connectivity index (χ0) is 9.54. The molecule has 14 heavy (non-hydrogen) atoms. The molecule has 78 valence electrons. The molecule has 2 saturated heterocycles. The molecule has 2 nitrogen and oxygen atoms in total. The average molecular weight is 193 g/mol. The Morgan fingerprint density at radius 3 is 2.57 bits per heavy atom. The first kappa shape index (κ1) is 8.75. The molecule has 3 aliphatic rings. The number of piperidine rings is 2. The zero-order valence-electron chi connectivity index (χ0n) is 8.74. The minimum atomic E-state index is 0.442. The van der Waals surface area contributed by atoms with Gasteiger partial charge in [0.2, 0.25) is 5.91 Å². The largest absolute Gasteiger partial charge is 0.339 e. The van der Waals surface area contributed by atoms with Gasteiger partial charge in [-0.15, -0.1) is 0 Å². The molecule has 3 atom stereocenters. The van der Waals surface area contributed by atoms with Crippen LogP contribution in [0.15, 0.2) is 0 Å². The number of amides is 1. The van der Waals surface area contributed by atoms with Gasteiger partial charge < -0.3 is 4.90 Å². The molecule has 0 aromatic heterocycles. The molecular formula is C12H19NO. The SMILES string of the molecule is O=C1CC[C@H]2CCC[C@H]3CCCN1[C@H]32. The molecule has 0 radical (unpaired) electrons. The third-order valence-corrected chi connectivity index (χ3v) is 4.50. The summed E-state index contributed by atoms with van der Waals surface area (Å²) in [4.78, 5) is 14.0. The van der Waals surface area contributed by atoms with Crippen LogP contribution in [0.4, 0.5) is 0 Å². The Morgan fingerprint density at radius 2 is 1.71 bits per heavy atom. The highest BCUT2D eigenvalue weighted by atomic mass is 16.2. The van der Waals surface area contributed by atoms with E-state index >= 15 is 0 Å². The molecule has 2 heteroatoms. The summed E-state index contributed by atoms with van der Waals surface area (Å²) in [5, 5.41) is 0. The molecule has 3 fully saturated rings. The van der Waals surface area contributed by atoms with E-state index in [4.69, 9.17) is 0 Å². The van der Waals surface area contributed by atoms with Crippen LogP contribution in [0.5, 0.6) is 0 Å². The Bertz CT molecular complexity index is 242. The van der Waals surface area contributed by atoms with Crippen LogP contribution >= 0.6 is 0 Å². The molecule has 3 rings (SSSR count). The molecule has 1 aliphatic carbocycles. The van der Waals surface area contributed by atoms with Gasteiger partial charge in [0.15, 0.2) is 0 Å². The molecule has 0 aromatic carbocycles. The Labute approximate surface area is 85.7 Å². The van der Waals surface area contributed by atoms with Crippen molar-refractivity contribution in [3.05, 3.63) is 0 Å². The van der Waals surface area contributed by atoms with Crippen LogP contribution in [-0.4, -0.2) is 23.4 Å². The Balaban J connectivity index is 1.88. The van der Waals surface area contributed by atoms with E-state index in [2.05, 4.69) is 4.90 Å². The van der Waals surface area contributed by atoms with Crippen LogP contribution in [0.3, 0.4) is 0 Å². The van der Waals surface area contributed by atoms with Crippen molar-refractivity contribution >= 4 is 5.91 Å². The summed E-state index contributed by atoms with van der Waals surface area (Å²) in [5.41, 5.74) is 0. The Hall–Kier alpha value is -0.530. The summed E-state index contributed by atoms with van der Waals surface area (Å²) in [6.45, 7) is 1.05. The number of carbonyl (C=O) groups excluding carboxylic acids is 1. The van der Waals surface area contributed by atoms with E-state index in [-0.39, 0.29) is 0 Å². The van der Waals surface area contributed by atoms with Gasteiger partial charge in [0.25, 0.3) is 0 Å². The van der Waals surface area contributed by atoms with E-state index in [9.17, 15) is 4.79 Å². The van der Waals surface area contributed by atoms with Crippen molar-refractivity contribution in [2.75, 3.05) is 6.54 Å². The van der Waals surface area contributed by atoms with Crippen molar-refractivity contribution in [1.29, 1.82) is 0 Å². The van der Waals surface area contributed by atoms with Crippen LogP contribution in [0.25, 0.3) is 0 Å². The normalized spacial score (nSPS) is 42.1. The lowest BCUT2D eigenvalue weighted by Crippen LogP contribution is -2.56. The fourth-order valence-corrected chi connectivity index (χ4v) is 3.92. The second-order valence-corrected chi connectivity index (χ2v) is 5.21. The van der Waals surface area contributed by atoms with Crippen molar-refractivity contribution in [3.8, 4) is 0 Å². The predicted molar refractivity (Wildman–Crippen MR) is 54.8 cm³/mol. The molecule has 0 aromatic rings. The van der Waals surface area contributed by atoms with Crippen LogP contribution in [0, 0.1) is 11.8 Å². The molecule has 1 saturated carbocycles. The van der Waals surface area contributed by atoms with Gasteiger partial charge in [-0.2, -0.15) is 0 Å². The maximum Gasteiger partial charge on any atom is 0.222 e. The molecule has 0 N–H and O–H groups in total. The van der Waals surface area contributed by atoms with E-state index in [1.807, 2.05) is 0 Å². The van der Waals surface area contributed by atoms with Gasteiger partial charge in [-0.3, -0.25) is 4.79 Å². The smallest absolute Gasteiger partial charge is 0.222 e. The molecule has 0 bridgehead atoms. The maximum atomic E-state index is 11.8. The van der Waals surface area contributed by atoms with Gasteiger partial charge >= 0.3 is 0 Å². The zero-order valence-corrected chi connectivity index (χ0v) is 8.74. The van der Waals surface area contributed by atoms with Gasteiger partial charge in [-0.05, 0) is 43.9 Å². The van der Waals surface area contributed by atoms with Crippen molar-refractivity contribution in [1.82, 2.24) is 4.90 Å². The maximum absolute atomic E-state index is 11.8. The lowest BCUT2D eigenvalue weighted by atomic mass is 9.69. The molecule has 1 amide bonds. The second-order valence-electron chi connectivity index (χ2n) is 5.21. The van der Waals surface area contributed by atoms with E-state index in [1.54, 1.807) is 0 Å². The predicted octanol–water partition coefficient (Wildman–Crippen LogP) is 2.19. The third kappa shape index (κ3) is 1.19. The van der Waals surface area contributed by atoms with Crippen molar-refractivity contribution < 1.29 is 4.79 Å². The first-order valence-electron chi connectivity index (χ1n) is 6.16. The van der Waals surface area contributed by atoms with Gasteiger partial charge in [0.05, 0.1) is 0 Å². The Kier molecular flexibility index (Phi) is 2.03. The van der Waals surface area contributed by atoms with Gasteiger partial charge in [0, 0.05) is 19.0 Å². The summed E-state index contributed by atoms with van der Waals surface area (Å²) >= 11 is 0. The molecule has 2 heterocycles. The molecule has 0 spiro atoms. The summed E-state index contributed by atoms with van der Waals surface area (Å²) < 4.78 is 0. The van der Waals surface area contributed by atoms with Crippen molar-refractivity contribution in [3.63, 3.8) is 0 Å².